The van der Waals surface area contributed by atoms with Crippen molar-refractivity contribution in [2.24, 2.45) is 0 Å². The molecule has 0 aliphatic rings. The Kier molecular flexibility index (Phi) is 7.54. The van der Waals surface area contributed by atoms with Crippen molar-refractivity contribution in [1.82, 2.24) is 10.6 Å². The molecule has 27 heavy (non-hydrogen) atoms. The fourth-order valence-electron chi connectivity index (χ4n) is 2.30. The zero-order valence-electron chi connectivity index (χ0n) is 14.9. The molecule has 0 bridgehead atoms. The minimum atomic E-state index is -0.660. The molecule has 0 unspecified atom stereocenters. The SMILES string of the molecule is CCOc1ccc(NC(=O)CNC(=O)NCCc2c(F)cccc2F)cc1. The average molecular weight is 377 g/mol. The van der Waals surface area contributed by atoms with E-state index in [1.807, 2.05) is 6.92 Å². The van der Waals surface area contributed by atoms with Gasteiger partial charge < -0.3 is 20.7 Å². The molecule has 8 heteroatoms. The molecule has 2 rings (SSSR count). The fourth-order valence-corrected chi connectivity index (χ4v) is 2.30. The summed E-state index contributed by atoms with van der Waals surface area (Å²) in [5.74, 6) is -1.03. The lowest BCUT2D eigenvalue weighted by Crippen LogP contribution is -2.40. The van der Waals surface area contributed by atoms with Crippen molar-refractivity contribution in [3.63, 3.8) is 0 Å². The number of hydrogen-bond donors (Lipinski definition) is 3. The molecule has 2 aromatic carbocycles. The second kappa shape index (κ2) is 10.1. The maximum atomic E-state index is 13.5. The van der Waals surface area contributed by atoms with Crippen molar-refractivity contribution < 1.29 is 23.1 Å². The van der Waals surface area contributed by atoms with Crippen LogP contribution in [0, 0.1) is 11.6 Å². The average Bonchev–Trinajstić information content (AvgIpc) is 2.64. The van der Waals surface area contributed by atoms with E-state index in [0.717, 1.165) is 12.1 Å². The molecule has 0 aliphatic heterocycles. The third-order valence-electron chi connectivity index (χ3n) is 3.58. The Morgan fingerprint density at radius 2 is 1.67 bits per heavy atom. The van der Waals surface area contributed by atoms with Crippen molar-refractivity contribution in [3.05, 3.63) is 59.7 Å². The molecule has 0 radical (unpaired) electrons. The van der Waals surface area contributed by atoms with Crippen LogP contribution in [0.5, 0.6) is 5.75 Å². The summed E-state index contributed by atoms with van der Waals surface area (Å²) in [5.41, 5.74) is 0.478. The molecule has 0 aliphatic carbocycles. The zero-order valence-corrected chi connectivity index (χ0v) is 14.9. The van der Waals surface area contributed by atoms with Crippen molar-refractivity contribution >= 4 is 17.6 Å². The summed E-state index contributed by atoms with van der Waals surface area (Å²) in [6.07, 6.45) is 0.00427. The number of ether oxygens (including phenoxy) is 1. The molecule has 0 aromatic heterocycles. The van der Waals surface area contributed by atoms with Gasteiger partial charge in [-0.15, -0.1) is 0 Å². The largest absolute Gasteiger partial charge is 0.494 e. The van der Waals surface area contributed by atoms with Crippen molar-refractivity contribution in [3.8, 4) is 5.75 Å². The molecule has 0 saturated carbocycles. The lowest BCUT2D eigenvalue weighted by molar-refractivity contribution is -0.115. The lowest BCUT2D eigenvalue weighted by atomic mass is 10.1. The van der Waals surface area contributed by atoms with Gasteiger partial charge >= 0.3 is 6.03 Å². The molecule has 0 saturated heterocycles. The molecular formula is C19H21F2N3O3. The van der Waals surface area contributed by atoms with Crippen LogP contribution in [0.4, 0.5) is 19.3 Å². The Morgan fingerprint density at radius 1 is 1.00 bits per heavy atom. The molecule has 0 heterocycles. The highest BCUT2D eigenvalue weighted by molar-refractivity contribution is 5.94. The van der Waals surface area contributed by atoms with Crippen LogP contribution in [-0.4, -0.2) is 31.6 Å². The van der Waals surface area contributed by atoms with Gasteiger partial charge in [0.25, 0.3) is 0 Å². The predicted octanol–water partition coefficient (Wildman–Crippen LogP) is 2.84. The normalized spacial score (nSPS) is 10.2. The van der Waals surface area contributed by atoms with Crippen molar-refractivity contribution in [2.45, 2.75) is 13.3 Å². The first-order chi connectivity index (χ1) is 13.0. The third-order valence-corrected chi connectivity index (χ3v) is 3.58. The van der Waals surface area contributed by atoms with E-state index in [4.69, 9.17) is 4.74 Å². The zero-order chi connectivity index (χ0) is 19.6. The highest BCUT2D eigenvalue weighted by Crippen LogP contribution is 2.15. The number of carbonyl (C=O) groups excluding carboxylic acids is 2. The van der Waals surface area contributed by atoms with Gasteiger partial charge in [0.05, 0.1) is 13.2 Å². The maximum absolute atomic E-state index is 13.5. The van der Waals surface area contributed by atoms with E-state index >= 15 is 0 Å². The van der Waals surface area contributed by atoms with Gasteiger partial charge in [-0.05, 0) is 49.7 Å². The molecular weight excluding hydrogens is 356 g/mol. The fraction of sp³-hybridized carbons (Fsp3) is 0.263. The van der Waals surface area contributed by atoms with Crippen LogP contribution in [0.25, 0.3) is 0 Å². The van der Waals surface area contributed by atoms with Gasteiger partial charge in [0, 0.05) is 17.8 Å². The van der Waals surface area contributed by atoms with E-state index in [2.05, 4.69) is 16.0 Å². The predicted molar refractivity (Wildman–Crippen MR) is 97.7 cm³/mol. The Balaban J connectivity index is 1.69. The van der Waals surface area contributed by atoms with Gasteiger partial charge in [-0.25, -0.2) is 13.6 Å². The topological polar surface area (TPSA) is 79.5 Å². The quantitative estimate of drug-likeness (QED) is 0.662. The number of urea groups is 1. The maximum Gasteiger partial charge on any atom is 0.315 e. The molecule has 0 fully saturated rings. The molecule has 2 aromatic rings. The van der Waals surface area contributed by atoms with E-state index in [-0.39, 0.29) is 25.1 Å². The van der Waals surface area contributed by atoms with Gasteiger partial charge in [-0.1, -0.05) is 6.07 Å². The van der Waals surface area contributed by atoms with E-state index in [0.29, 0.717) is 18.0 Å². The van der Waals surface area contributed by atoms with E-state index in [1.54, 1.807) is 24.3 Å². The van der Waals surface area contributed by atoms with E-state index in [9.17, 15) is 18.4 Å². The molecule has 144 valence electrons. The number of nitrogens with one attached hydrogen (secondary N) is 3. The second-order valence-electron chi connectivity index (χ2n) is 5.57. The van der Waals surface area contributed by atoms with Crippen LogP contribution in [0.3, 0.4) is 0 Å². The Labute approximate surface area is 155 Å². The Bertz CT molecular complexity index is 762. The van der Waals surface area contributed by atoms with Crippen LogP contribution in [0.15, 0.2) is 42.5 Å². The summed E-state index contributed by atoms with van der Waals surface area (Å²) in [6.45, 7) is 2.21. The van der Waals surface area contributed by atoms with Gasteiger partial charge in [0.2, 0.25) is 5.91 Å². The smallest absolute Gasteiger partial charge is 0.315 e. The van der Waals surface area contributed by atoms with Gasteiger partial charge in [0.15, 0.2) is 0 Å². The molecule has 3 N–H and O–H groups in total. The van der Waals surface area contributed by atoms with E-state index < -0.39 is 23.6 Å². The van der Waals surface area contributed by atoms with Crippen LogP contribution in [-0.2, 0) is 11.2 Å². The molecule has 0 atom stereocenters. The van der Waals surface area contributed by atoms with Gasteiger partial charge in [0.1, 0.15) is 17.4 Å². The van der Waals surface area contributed by atoms with Crippen LogP contribution >= 0.6 is 0 Å². The number of halogens is 2. The number of rotatable bonds is 8. The second-order valence-corrected chi connectivity index (χ2v) is 5.57. The molecule has 3 amide bonds. The first-order valence-electron chi connectivity index (χ1n) is 8.47. The standard InChI is InChI=1S/C19H21F2N3O3/c1-2-27-14-8-6-13(7-9-14)24-18(25)12-23-19(26)22-11-10-15-16(20)4-3-5-17(15)21/h3-9H,2,10-12H2,1H3,(H,24,25)(H2,22,23,26). The summed E-state index contributed by atoms with van der Waals surface area (Å²) < 4.78 is 32.3. The lowest BCUT2D eigenvalue weighted by Gasteiger charge is -2.10. The summed E-state index contributed by atoms with van der Waals surface area (Å²) in [5, 5.41) is 7.45. The highest BCUT2D eigenvalue weighted by Gasteiger charge is 2.09. The number of amides is 3. The van der Waals surface area contributed by atoms with Crippen LogP contribution < -0.4 is 20.7 Å². The van der Waals surface area contributed by atoms with Crippen LogP contribution in [0.1, 0.15) is 12.5 Å². The number of hydrogen-bond acceptors (Lipinski definition) is 3. The summed E-state index contributed by atoms with van der Waals surface area (Å²) in [6, 6.07) is 9.80. The van der Waals surface area contributed by atoms with Crippen molar-refractivity contribution in [2.75, 3.05) is 25.0 Å². The number of carbonyl (C=O) groups is 2. The van der Waals surface area contributed by atoms with Crippen LogP contribution in [0.2, 0.25) is 0 Å². The Hall–Kier alpha value is -3.16. The third kappa shape index (κ3) is 6.58. The van der Waals surface area contributed by atoms with Gasteiger partial charge in [-0.3, -0.25) is 4.79 Å². The van der Waals surface area contributed by atoms with E-state index in [1.165, 1.54) is 6.07 Å². The minimum absolute atomic E-state index is 0.00427. The first-order valence-corrected chi connectivity index (χ1v) is 8.47. The molecule has 6 nitrogen and oxygen atoms in total. The van der Waals surface area contributed by atoms with Crippen molar-refractivity contribution in [1.29, 1.82) is 0 Å². The van der Waals surface area contributed by atoms with Gasteiger partial charge in [-0.2, -0.15) is 0 Å². The Morgan fingerprint density at radius 3 is 2.30 bits per heavy atom. The molecule has 0 spiro atoms. The number of anilines is 1. The first kappa shape index (κ1) is 20.2. The minimum Gasteiger partial charge on any atom is -0.494 e. The highest BCUT2D eigenvalue weighted by atomic mass is 19.1. The summed E-state index contributed by atoms with van der Waals surface area (Å²) in [4.78, 5) is 23.5. The monoisotopic (exact) mass is 377 g/mol. The summed E-state index contributed by atoms with van der Waals surface area (Å²) >= 11 is 0. The summed E-state index contributed by atoms with van der Waals surface area (Å²) in [7, 11) is 0. The number of benzene rings is 2.